The van der Waals surface area contributed by atoms with Gasteiger partial charge >= 0.3 is 5.97 Å². The van der Waals surface area contributed by atoms with E-state index in [1.54, 1.807) is 0 Å². The maximum Gasteiger partial charge on any atom is 0.314 e. The highest BCUT2D eigenvalue weighted by Gasteiger charge is 2.30. The van der Waals surface area contributed by atoms with Crippen molar-refractivity contribution in [2.45, 2.75) is 19.1 Å². The van der Waals surface area contributed by atoms with Crippen molar-refractivity contribution >= 4 is 29.3 Å². The van der Waals surface area contributed by atoms with Gasteiger partial charge in [0.2, 0.25) is 0 Å². The smallest absolute Gasteiger partial charge is 0.314 e. The highest BCUT2D eigenvalue weighted by atomic mass is 35.5. The third kappa shape index (κ3) is 3.41. The van der Waals surface area contributed by atoms with Crippen LogP contribution in [0.15, 0.2) is 48.5 Å². The van der Waals surface area contributed by atoms with Gasteiger partial charge in [-0.25, -0.2) is 0 Å². The van der Waals surface area contributed by atoms with E-state index in [0.717, 1.165) is 40.0 Å². The van der Waals surface area contributed by atoms with E-state index in [2.05, 4.69) is 10.3 Å². The molecule has 1 aliphatic rings. The molecule has 4 rings (SSSR count). The van der Waals surface area contributed by atoms with Crippen LogP contribution in [-0.4, -0.2) is 24.6 Å². The van der Waals surface area contributed by atoms with Gasteiger partial charge in [-0.05, 0) is 29.3 Å². The molecule has 3 aromatic rings. The topological polar surface area (TPSA) is 63.3 Å². The number of halogens is 1. The van der Waals surface area contributed by atoms with Crippen molar-refractivity contribution in [2.75, 3.05) is 13.7 Å². The Bertz CT molecular complexity index is 908. The molecule has 0 saturated carbocycles. The van der Waals surface area contributed by atoms with Gasteiger partial charge in [0.1, 0.15) is 12.4 Å². The van der Waals surface area contributed by atoms with E-state index in [1.165, 1.54) is 7.11 Å². The van der Waals surface area contributed by atoms with Crippen LogP contribution in [0.1, 0.15) is 22.7 Å². The Labute approximate surface area is 158 Å². The van der Waals surface area contributed by atoms with Crippen molar-refractivity contribution in [1.82, 2.24) is 10.3 Å². The molecule has 5 nitrogen and oxygen atoms in total. The van der Waals surface area contributed by atoms with Crippen molar-refractivity contribution in [3.63, 3.8) is 0 Å². The van der Waals surface area contributed by atoms with Crippen LogP contribution in [0.4, 0.5) is 0 Å². The summed E-state index contributed by atoms with van der Waals surface area (Å²) in [6.45, 7) is 1.82. The average Bonchev–Trinajstić information content (AvgIpc) is 3.04. The molecule has 0 saturated heterocycles. The number of nitrogens with one attached hydrogen (secondary N) is 2. The van der Waals surface area contributed by atoms with E-state index in [4.69, 9.17) is 9.47 Å². The Kier molecular flexibility index (Phi) is 5.49. The number of aromatic amines is 1. The number of H-pyrrole nitrogens is 1. The second kappa shape index (κ2) is 7.81. The first-order chi connectivity index (χ1) is 12.3. The van der Waals surface area contributed by atoms with Crippen LogP contribution in [0.3, 0.4) is 0 Å². The Morgan fingerprint density at radius 1 is 1.19 bits per heavy atom. The molecule has 2 N–H and O–H groups in total. The molecule has 136 valence electrons. The highest BCUT2D eigenvalue weighted by molar-refractivity contribution is 5.92. The van der Waals surface area contributed by atoms with Gasteiger partial charge in [0, 0.05) is 29.7 Å². The fourth-order valence-corrected chi connectivity index (χ4v) is 3.40. The first-order valence-electron chi connectivity index (χ1n) is 8.36. The van der Waals surface area contributed by atoms with Gasteiger partial charge in [0.25, 0.3) is 0 Å². The zero-order valence-electron chi connectivity index (χ0n) is 14.5. The fraction of sp³-hybridized carbons (Fsp3) is 0.250. The molecule has 1 aromatic heterocycles. The van der Waals surface area contributed by atoms with Gasteiger partial charge in [-0.1, -0.05) is 30.3 Å². The summed E-state index contributed by atoms with van der Waals surface area (Å²) < 4.78 is 10.9. The lowest BCUT2D eigenvalue weighted by atomic mass is 9.93. The van der Waals surface area contributed by atoms with Crippen LogP contribution in [-0.2, 0) is 22.7 Å². The van der Waals surface area contributed by atoms with Crippen molar-refractivity contribution in [1.29, 1.82) is 0 Å². The minimum atomic E-state index is -0.299. The number of methoxy groups -OCH3 is 1. The van der Waals surface area contributed by atoms with E-state index in [0.29, 0.717) is 13.2 Å². The van der Waals surface area contributed by atoms with Crippen molar-refractivity contribution in [3.8, 4) is 5.75 Å². The quantitative estimate of drug-likeness (QED) is 0.688. The number of carbonyl (C=O) groups is 1. The van der Waals surface area contributed by atoms with Crippen molar-refractivity contribution in [2.24, 2.45) is 0 Å². The van der Waals surface area contributed by atoms with Gasteiger partial charge < -0.3 is 19.8 Å². The molecule has 1 atom stereocenters. The molecule has 0 radical (unpaired) electrons. The van der Waals surface area contributed by atoms with Crippen LogP contribution in [0, 0.1) is 0 Å². The standard InChI is InChI=1S/C20H20N2O3.ClH/c1-24-20(23)16-10-21-11-18-19(16)15-9-14(7-8-17(15)22-18)25-12-13-5-3-2-4-6-13;/h2-9,16,21-22H,10-12H2,1H3;1H. The molecule has 0 bridgehead atoms. The molecule has 26 heavy (non-hydrogen) atoms. The number of aromatic nitrogens is 1. The molecule has 2 aromatic carbocycles. The van der Waals surface area contributed by atoms with Gasteiger partial charge in [-0.2, -0.15) is 0 Å². The molecule has 0 spiro atoms. The Balaban J connectivity index is 0.00000196. The zero-order valence-corrected chi connectivity index (χ0v) is 15.3. The van der Waals surface area contributed by atoms with Crippen LogP contribution in [0.5, 0.6) is 5.75 Å². The van der Waals surface area contributed by atoms with E-state index in [-0.39, 0.29) is 24.3 Å². The normalized spacial score (nSPS) is 15.8. The van der Waals surface area contributed by atoms with Crippen molar-refractivity contribution in [3.05, 3.63) is 65.4 Å². The first-order valence-corrected chi connectivity index (χ1v) is 8.36. The van der Waals surface area contributed by atoms with Crippen molar-refractivity contribution < 1.29 is 14.3 Å². The van der Waals surface area contributed by atoms with E-state index in [9.17, 15) is 4.79 Å². The predicted molar refractivity (Wildman–Crippen MR) is 103 cm³/mol. The first kappa shape index (κ1) is 18.3. The second-order valence-corrected chi connectivity index (χ2v) is 6.21. The fourth-order valence-electron chi connectivity index (χ4n) is 3.40. The number of ether oxygens (including phenoxy) is 2. The predicted octanol–water partition coefficient (Wildman–Crippen LogP) is 3.53. The molecule has 1 unspecified atom stereocenters. The Morgan fingerprint density at radius 3 is 2.77 bits per heavy atom. The lowest BCUT2D eigenvalue weighted by Gasteiger charge is -2.22. The summed E-state index contributed by atoms with van der Waals surface area (Å²) >= 11 is 0. The number of carbonyl (C=O) groups excluding carboxylic acids is 1. The Morgan fingerprint density at radius 2 is 2.00 bits per heavy atom. The minimum Gasteiger partial charge on any atom is -0.489 e. The monoisotopic (exact) mass is 372 g/mol. The van der Waals surface area contributed by atoms with E-state index < -0.39 is 0 Å². The molecule has 0 aliphatic carbocycles. The summed E-state index contributed by atoms with van der Waals surface area (Å²) in [6.07, 6.45) is 0. The molecule has 6 heteroatoms. The minimum absolute atomic E-state index is 0. The van der Waals surface area contributed by atoms with E-state index >= 15 is 0 Å². The van der Waals surface area contributed by atoms with Crippen LogP contribution in [0.2, 0.25) is 0 Å². The number of hydrogen-bond donors (Lipinski definition) is 2. The number of fused-ring (bicyclic) bond motifs is 3. The number of esters is 1. The number of rotatable bonds is 4. The maximum atomic E-state index is 12.2. The largest absolute Gasteiger partial charge is 0.489 e. The third-order valence-corrected chi connectivity index (χ3v) is 4.62. The summed E-state index contributed by atoms with van der Waals surface area (Å²) in [7, 11) is 1.43. The summed E-state index contributed by atoms with van der Waals surface area (Å²) in [4.78, 5) is 15.6. The summed E-state index contributed by atoms with van der Waals surface area (Å²) in [6, 6.07) is 16.0. The SMILES string of the molecule is COC(=O)C1CNCc2[nH]c3ccc(OCc4ccccc4)cc3c21.Cl. The molecule has 0 amide bonds. The summed E-state index contributed by atoms with van der Waals surface area (Å²) in [5, 5.41) is 4.29. The second-order valence-electron chi connectivity index (χ2n) is 6.21. The molecular formula is C20H21ClN2O3. The van der Waals surface area contributed by atoms with Gasteiger partial charge in [0.05, 0.1) is 13.0 Å². The van der Waals surface area contributed by atoms with Crippen LogP contribution >= 0.6 is 12.4 Å². The third-order valence-electron chi connectivity index (χ3n) is 4.62. The lowest BCUT2D eigenvalue weighted by Crippen LogP contribution is -2.32. The van der Waals surface area contributed by atoms with Gasteiger partial charge in [-0.3, -0.25) is 4.79 Å². The van der Waals surface area contributed by atoms with E-state index in [1.807, 2.05) is 48.5 Å². The highest BCUT2D eigenvalue weighted by Crippen LogP contribution is 2.34. The maximum absolute atomic E-state index is 12.2. The van der Waals surface area contributed by atoms with Crippen LogP contribution < -0.4 is 10.1 Å². The molecule has 2 heterocycles. The molecular weight excluding hydrogens is 352 g/mol. The Hall–Kier alpha value is -2.50. The van der Waals surface area contributed by atoms with Crippen LogP contribution in [0.25, 0.3) is 10.9 Å². The molecule has 1 aliphatic heterocycles. The number of benzene rings is 2. The number of hydrogen-bond acceptors (Lipinski definition) is 4. The average molecular weight is 373 g/mol. The zero-order chi connectivity index (χ0) is 17.2. The summed E-state index contributed by atoms with van der Waals surface area (Å²) in [5.74, 6) is 0.275. The lowest BCUT2D eigenvalue weighted by molar-refractivity contribution is -0.142. The van der Waals surface area contributed by atoms with Gasteiger partial charge in [0.15, 0.2) is 0 Å². The van der Waals surface area contributed by atoms with Gasteiger partial charge in [-0.15, -0.1) is 12.4 Å². The summed E-state index contributed by atoms with van der Waals surface area (Å²) in [5.41, 5.74) is 4.19. The molecule has 0 fully saturated rings.